The van der Waals surface area contributed by atoms with Gasteiger partial charge in [-0.15, -0.1) is 11.8 Å². The quantitative estimate of drug-likeness (QED) is 0.767. The second kappa shape index (κ2) is 9.21. The second-order valence-electron chi connectivity index (χ2n) is 7.22. The fourth-order valence-electron chi connectivity index (χ4n) is 3.43. The molecule has 0 bridgehead atoms. The van der Waals surface area contributed by atoms with Crippen LogP contribution >= 0.6 is 11.8 Å². The fourth-order valence-corrected chi connectivity index (χ4v) is 4.37. The number of benzene rings is 2. The first kappa shape index (κ1) is 20.3. The minimum atomic E-state index is -0.286. The van der Waals surface area contributed by atoms with E-state index in [2.05, 4.69) is 10.6 Å². The van der Waals surface area contributed by atoms with E-state index in [-0.39, 0.29) is 24.3 Å². The van der Waals surface area contributed by atoms with Gasteiger partial charge in [-0.1, -0.05) is 6.07 Å². The van der Waals surface area contributed by atoms with Gasteiger partial charge < -0.3 is 20.3 Å². The highest BCUT2D eigenvalue weighted by atomic mass is 32.2. The average molecular weight is 426 g/mol. The molecule has 2 aromatic rings. The minimum absolute atomic E-state index is 0.0143. The summed E-state index contributed by atoms with van der Waals surface area (Å²) in [5, 5.41) is 5.69. The van der Waals surface area contributed by atoms with E-state index < -0.39 is 0 Å². The number of fused-ring (bicyclic) bond motifs is 1. The van der Waals surface area contributed by atoms with E-state index in [0.717, 1.165) is 36.6 Å². The molecule has 2 aliphatic rings. The molecule has 3 amide bonds. The van der Waals surface area contributed by atoms with Gasteiger partial charge in [0.15, 0.2) is 6.61 Å². The van der Waals surface area contributed by atoms with Crippen LogP contribution in [-0.2, 0) is 9.59 Å². The van der Waals surface area contributed by atoms with Crippen LogP contribution in [0.3, 0.4) is 0 Å². The summed E-state index contributed by atoms with van der Waals surface area (Å²) in [6.07, 6.45) is 2.53. The molecule has 0 unspecified atom stereocenters. The van der Waals surface area contributed by atoms with E-state index in [4.69, 9.17) is 4.74 Å². The second-order valence-corrected chi connectivity index (χ2v) is 8.35. The monoisotopic (exact) mass is 425 g/mol. The van der Waals surface area contributed by atoms with E-state index in [1.54, 1.807) is 53.1 Å². The summed E-state index contributed by atoms with van der Waals surface area (Å²) in [7, 11) is 0. The van der Waals surface area contributed by atoms with Crippen molar-refractivity contribution in [3.8, 4) is 5.75 Å². The van der Waals surface area contributed by atoms with Crippen molar-refractivity contribution in [3.63, 3.8) is 0 Å². The summed E-state index contributed by atoms with van der Waals surface area (Å²) in [6, 6.07) is 12.2. The predicted octanol–water partition coefficient (Wildman–Crippen LogP) is 3.37. The number of thioether (sulfide) groups is 1. The maximum atomic E-state index is 12.7. The number of ether oxygens (including phenoxy) is 1. The first-order valence-electron chi connectivity index (χ1n) is 9.97. The van der Waals surface area contributed by atoms with Gasteiger partial charge in [0.05, 0.1) is 5.69 Å². The molecule has 30 heavy (non-hydrogen) atoms. The Labute approximate surface area is 179 Å². The molecule has 2 heterocycles. The van der Waals surface area contributed by atoms with Gasteiger partial charge in [0.2, 0.25) is 5.91 Å². The largest absolute Gasteiger partial charge is 0.484 e. The number of likely N-dealkylation sites (tertiary alicyclic amines) is 1. The lowest BCUT2D eigenvalue weighted by molar-refractivity contribution is -0.132. The fraction of sp³-hybridized carbons (Fsp3) is 0.318. The van der Waals surface area contributed by atoms with Crippen molar-refractivity contribution in [2.75, 3.05) is 36.1 Å². The molecule has 2 N–H and O–H groups in total. The standard InChI is InChI=1S/C22H23N3O4S/c26-20-8-11-30-19-7-6-15(12-18(19)24-20)22(28)23-16-4-3-5-17(13-16)29-14-21(27)25-9-1-2-10-25/h3-7,12-13H,1-2,8-11,14H2,(H,23,28)(H,24,26). The summed E-state index contributed by atoms with van der Waals surface area (Å²) in [4.78, 5) is 39.4. The Kier molecular flexibility index (Phi) is 6.23. The number of nitrogens with one attached hydrogen (secondary N) is 2. The van der Waals surface area contributed by atoms with Crippen molar-refractivity contribution in [1.29, 1.82) is 0 Å². The summed E-state index contributed by atoms with van der Waals surface area (Å²) in [6.45, 7) is 1.57. The zero-order valence-corrected chi connectivity index (χ0v) is 17.3. The Hall–Kier alpha value is -3.00. The summed E-state index contributed by atoms with van der Waals surface area (Å²) in [5.41, 5.74) is 1.68. The minimum Gasteiger partial charge on any atom is -0.484 e. The van der Waals surface area contributed by atoms with Gasteiger partial charge in [-0.3, -0.25) is 14.4 Å². The number of anilines is 2. The maximum absolute atomic E-state index is 12.7. The smallest absolute Gasteiger partial charge is 0.260 e. The van der Waals surface area contributed by atoms with E-state index >= 15 is 0 Å². The molecule has 1 saturated heterocycles. The van der Waals surface area contributed by atoms with Crippen molar-refractivity contribution >= 4 is 40.9 Å². The lowest BCUT2D eigenvalue weighted by Gasteiger charge is -2.16. The molecule has 156 valence electrons. The van der Waals surface area contributed by atoms with Crippen LogP contribution in [0.25, 0.3) is 0 Å². The van der Waals surface area contributed by atoms with E-state index in [1.807, 2.05) is 6.07 Å². The Morgan fingerprint density at radius 1 is 1.13 bits per heavy atom. The number of amides is 3. The van der Waals surface area contributed by atoms with Crippen LogP contribution < -0.4 is 15.4 Å². The highest BCUT2D eigenvalue weighted by Gasteiger charge is 2.18. The molecule has 2 aliphatic heterocycles. The Morgan fingerprint density at radius 3 is 2.80 bits per heavy atom. The molecule has 7 nitrogen and oxygen atoms in total. The van der Waals surface area contributed by atoms with Gasteiger partial charge in [-0.25, -0.2) is 0 Å². The van der Waals surface area contributed by atoms with Gasteiger partial charge >= 0.3 is 0 Å². The zero-order chi connectivity index (χ0) is 20.9. The van der Waals surface area contributed by atoms with Crippen LogP contribution in [-0.4, -0.2) is 48.1 Å². The molecule has 0 atom stereocenters. The molecular formula is C22H23N3O4S. The van der Waals surface area contributed by atoms with E-state index in [9.17, 15) is 14.4 Å². The number of rotatable bonds is 5. The molecule has 0 saturated carbocycles. The lowest BCUT2D eigenvalue weighted by atomic mass is 10.1. The van der Waals surface area contributed by atoms with Gasteiger partial charge in [-0.2, -0.15) is 0 Å². The lowest BCUT2D eigenvalue weighted by Crippen LogP contribution is -2.32. The summed E-state index contributed by atoms with van der Waals surface area (Å²) in [5.74, 6) is 0.883. The zero-order valence-electron chi connectivity index (χ0n) is 16.5. The summed E-state index contributed by atoms with van der Waals surface area (Å²) < 4.78 is 5.62. The van der Waals surface area contributed by atoms with E-state index in [0.29, 0.717) is 29.1 Å². The number of hydrogen-bond acceptors (Lipinski definition) is 5. The van der Waals surface area contributed by atoms with Crippen molar-refractivity contribution in [3.05, 3.63) is 48.0 Å². The molecule has 4 rings (SSSR count). The first-order valence-corrected chi connectivity index (χ1v) is 11.0. The molecule has 0 radical (unpaired) electrons. The van der Waals surface area contributed by atoms with Crippen LogP contribution in [0.15, 0.2) is 47.4 Å². The van der Waals surface area contributed by atoms with Gasteiger partial charge in [0.25, 0.3) is 11.8 Å². The molecule has 1 fully saturated rings. The Bertz CT molecular complexity index is 973. The third-order valence-corrected chi connectivity index (χ3v) is 6.09. The van der Waals surface area contributed by atoms with Gasteiger partial charge in [-0.05, 0) is 43.2 Å². The van der Waals surface area contributed by atoms with Crippen LogP contribution in [0.2, 0.25) is 0 Å². The summed E-state index contributed by atoms with van der Waals surface area (Å²) >= 11 is 1.59. The van der Waals surface area contributed by atoms with Crippen LogP contribution in [0.5, 0.6) is 5.75 Å². The SMILES string of the molecule is O=C1CCSc2ccc(C(=O)Nc3cccc(OCC(=O)N4CCCC4)c3)cc2N1. The normalized spacial score (nSPS) is 15.7. The van der Waals surface area contributed by atoms with Crippen molar-refractivity contribution in [2.24, 2.45) is 0 Å². The average Bonchev–Trinajstić information content (AvgIpc) is 3.21. The van der Waals surface area contributed by atoms with Crippen LogP contribution in [0.4, 0.5) is 11.4 Å². The third kappa shape index (κ3) is 4.94. The van der Waals surface area contributed by atoms with Gasteiger partial charge in [0, 0.05) is 47.5 Å². The van der Waals surface area contributed by atoms with Crippen molar-refractivity contribution in [2.45, 2.75) is 24.2 Å². The molecule has 0 aliphatic carbocycles. The van der Waals surface area contributed by atoms with Gasteiger partial charge in [0.1, 0.15) is 5.75 Å². The number of carbonyl (C=O) groups excluding carboxylic acids is 3. The van der Waals surface area contributed by atoms with Crippen molar-refractivity contribution < 1.29 is 19.1 Å². The Balaban J connectivity index is 1.39. The third-order valence-electron chi connectivity index (χ3n) is 5.02. The molecule has 2 aromatic carbocycles. The molecule has 0 spiro atoms. The van der Waals surface area contributed by atoms with Crippen LogP contribution in [0.1, 0.15) is 29.6 Å². The molecular weight excluding hydrogens is 402 g/mol. The van der Waals surface area contributed by atoms with E-state index in [1.165, 1.54) is 0 Å². The predicted molar refractivity (Wildman–Crippen MR) is 116 cm³/mol. The first-order chi connectivity index (χ1) is 14.6. The molecule has 0 aromatic heterocycles. The number of carbonyl (C=O) groups is 3. The maximum Gasteiger partial charge on any atom is 0.260 e. The topological polar surface area (TPSA) is 87.7 Å². The van der Waals surface area contributed by atoms with Crippen molar-refractivity contribution in [1.82, 2.24) is 4.90 Å². The Morgan fingerprint density at radius 2 is 1.97 bits per heavy atom. The molecule has 8 heteroatoms. The highest BCUT2D eigenvalue weighted by Crippen LogP contribution is 2.31. The highest BCUT2D eigenvalue weighted by molar-refractivity contribution is 7.99. The van der Waals surface area contributed by atoms with Crippen LogP contribution in [0, 0.1) is 0 Å². The number of hydrogen-bond donors (Lipinski definition) is 2. The number of nitrogens with zero attached hydrogens (tertiary/aromatic N) is 1.